The van der Waals surface area contributed by atoms with Crippen LogP contribution in [-0.2, 0) is 12.7 Å². The van der Waals surface area contributed by atoms with Gasteiger partial charge in [-0.3, -0.25) is 0 Å². The Hall–Kier alpha value is 0.180. The highest BCUT2D eigenvalue weighted by Gasteiger charge is 2.33. The molecule has 1 aromatic rings. The van der Waals surface area contributed by atoms with E-state index in [0.717, 1.165) is 6.07 Å². The Balaban J connectivity index is 3.37. The molecule has 0 unspecified atom stereocenters. The molecule has 0 saturated carbocycles. The highest BCUT2D eigenvalue weighted by molar-refractivity contribution is 14.1. The monoisotopic (exact) mass is 379 g/mol. The largest absolute Gasteiger partial charge is 0.417 e. The van der Waals surface area contributed by atoms with E-state index in [1.165, 1.54) is 0 Å². The third-order valence-corrected chi connectivity index (χ3v) is 3.20. The Morgan fingerprint density at radius 2 is 1.93 bits per heavy atom. The standard InChI is InChI=1S/C8H6BrF3IN/c9-7-4(3-14)1-5(13)2-6(7)8(10,11)12/h1-2H,3,14H2. The van der Waals surface area contributed by atoms with Gasteiger partial charge in [0.25, 0.3) is 0 Å². The second-order valence-corrected chi connectivity index (χ2v) is 4.67. The van der Waals surface area contributed by atoms with Crippen molar-refractivity contribution in [2.75, 3.05) is 0 Å². The molecule has 0 atom stereocenters. The number of rotatable bonds is 1. The van der Waals surface area contributed by atoms with Gasteiger partial charge in [-0.15, -0.1) is 0 Å². The minimum absolute atomic E-state index is 0.0351. The molecule has 0 aromatic heterocycles. The highest BCUT2D eigenvalue weighted by atomic mass is 127. The van der Waals surface area contributed by atoms with Crippen LogP contribution in [0.4, 0.5) is 13.2 Å². The Labute approximate surface area is 101 Å². The van der Waals surface area contributed by atoms with Crippen molar-refractivity contribution < 1.29 is 13.2 Å². The van der Waals surface area contributed by atoms with Gasteiger partial charge in [-0.05, 0) is 56.2 Å². The maximum Gasteiger partial charge on any atom is 0.417 e. The van der Waals surface area contributed by atoms with Gasteiger partial charge in [0.05, 0.1) is 5.56 Å². The summed E-state index contributed by atoms with van der Waals surface area (Å²) in [4.78, 5) is 0. The summed E-state index contributed by atoms with van der Waals surface area (Å²) in [5, 5.41) is 0. The van der Waals surface area contributed by atoms with Gasteiger partial charge in [-0.2, -0.15) is 13.2 Å². The van der Waals surface area contributed by atoms with Crippen LogP contribution in [-0.4, -0.2) is 0 Å². The van der Waals surface area contributed by atoms with Crippen molar-refractivity contribution in [2.45, 2.75) is 12.7 Å². The molecule has 6 heteroatoms. The predicted molar refractivity (Wildman–Crippen MR) is 59.8 cm³/mol. The highest BCUT2D eigenvalue weighted by Crippen LogP contribution is 2.37. The normalized spacial score (nSPS) is 11.9. The van der Waals surface area contributed by atoms with Crippen molar-refractivity contribution in [3.8, 4) is 0 Å². The molecule has 0 aliphatic heterocycles. The Morgan fingerprint density at radius 1 is 1.36 bits per heavy atom. The number of nitrogens with two attached hydrogens (primary N) is 1. The smallest absolute Gasteiger partial charge is 0.326 e. The molecule has 0 heterocycles. The number of hydrogen-bond acceptors (Lipinski definition) is 1. The fourth-order valence-electron chi connectivity index (χ4n) is 1.00. The molecular formula is C8H6BrF3IN. The van der Waals surface area contributed by atoms with Gasteiger partial charge in [0, 0.05) is 14.6 Å². The first-order valence-corrected chi connectivity index (χ1v) is 5.48. The lowest BCUT2D eigenvalue weighted by Gasteiger charge is -2.12. The van der Waals surface area contributed by atoms with Crippen molar-refractivity contribution in [1.29, 1.82) is 0 Å². The van der Waals surface area contributed by atoms with E-state index in [4.69, 9.17) is 5.73 Å². The summed E-state index contributed by atoms with van der Waals surface area (Å²) in [6, 6.07) is 2.71. The summed E-state index contributed by atoms with van der Waals surface area (Å²) in [6.07, 6.45) is -4.34. The Bertz CT molecular complexity index is 351. The second kappa shape index (κ2) is 4.36. The lowest BCUT2D eigenvalue weighted by Crippen LogP contribution is -2.09. The molecule has 1 aromatic carbocycles. The average Bonchev–Trinajstić information content (AvgIpc) is 2.06. The molecular weight excluding hydrogens is 374 g/mol. The SMILES string of the molecule is NCc1cc(I)cc(C(F)(F)F)c1Br. The quantitative estimate of drug-likeness (QED) is 0.742. The number of hydrogen-bond donors (Lipinski definition) is 1. The minimum atomic E-state index is -4.34. The van der Waals surface area contributed by atoms with Gasteiger partial charge in [0.1, 0.15) is 0 Å². The van der Waals surface area contributed by atoms with E-state index in [-0.39, 0.29) is 11.0 Å². The van der Waals surface area contributed by atoms with Gasteiger partial charge < -0.3 is 5.73 Å². The van der Waals surface area contributed by atoms with Crippen molar-refractivity contribution in [1.82, 2.24) is 0 Å². The molecule has 0 aliphatic rings. The van der Waals surface area contributed by atoms with E-state index in [1.54, 1.807) is 6.07 Å². The fourth-order valence-corrected chi connectivity index (χ4v) is 2.30. The Kier molecular flexibility index (Phi) is 3.81. The summed E-state index contributed by atoms with van der Waals surface area (Å²) in [5.74, 6) is 0. The zero-order chi connectivity index (χ0) is 10.9. The molecule has 0 amide bonds. The van der Waals surface area contributed by atoms with Crippen molar-refractivity contribution in [3.05, 3.63) is 31.3 Å². The van der Waals surface area contributed by atoms with E-state index in [9.17, 15) is 13.2 Å². The predicted octanol–water partition coefficient (Wildman–Crippen LogP) is 3.53. The molecule has 0 spiro atoms. The third kappa shape index (κ3) is 2.60. The molecule has 2 N–H and O–H groups in total. The molecule has 0 fully saturated rings. The summed E-state index contributed by atoms with van der Waals surface area (Å²) in [7, 11) is 0. The van der Waals surface area contributed by atoms with Crippen LogP contribution in [0.5, 0.6) is 0 Å². The maximum atomic E-state index is 12.5. The van der Waals surface area contributed by atoms with Crippen molar-refractivity contribution >= 4 is 38.5 Å². The zero-order valence-electron chi connectivity index (χ0n) is 6.83. The van der Waals surface area contributed by atoms with E-state index in [0.29, 0.717) is 9.13 Å². The zero-order valence-corrected chi connectivity index (χ0v) is 10.6. The lowest BCUT2D eigenvalue weighted by atomic mass is 10.1. The second-order valence-electron chi connectivity index (χ2n) is 2.63. The Morgan fingerprint density at radius 3 is 2.36 bits per heavy atom. The molecule has 78 valence electrons. The van der Waals surface area contributed by atoms with Crippen molar-refractivity contribution in [3.63, 3.8) is 0 Å². The van der Waals surface area contributed by atoms with E-state index in [2.05, 4.69) is 15.9 Å². The van der Waals surface area contributed by atoms with Crippen LogP contribution < -0.4 is 5.73 Å². The van der Waals surface area contributed by atoms with Crippen LogP contribution in [0.1, 0.15) is 11.1 Å². The van der Waals surface area contributed by atoms with Crippen LogP contribution in [0.15, 0.2) is 16.6 Å². The van der Waals surface area contributed by atoms with Gasteiger partial charge in [-0.25, -0.2) is 0 Å². The molecule has 1 rings (SSSR count). The first-order valence-electron chi connectivity index (χ1n) is 3.61. The molecule has 1 nitrogen and oxygen atoms in total. The van der Waals surface area contributed by atoms with E-state index in [1.807, 2.05) is 22.6 Å². The lowest BCUT2D eigenvalue weighted by molar-refractivity contribution is -0.138. The molecule has 14 heavy (non-hydrogen) atoms. The average molecular weight is 380 g/mol. The first-order chi connectivity index (χ1) is 6.36. The van der Waals surface area contributed by atoms with E-state index >= 15 is 0 Å². The van der Waals surface area contributed by atoms with Gasteiger partial charge in [0.2, 0.25) is 0 Å². The maximum absolute atomic E-state index is 12.5. The summed E-state index contributed by atoms with van der Waals surface area (Å²) in [5.41, 5.74) is 5.12. The topological polar surface area (TPSA) is 26.0 Å². The summed E-state index contributed by atoms with van der Waals surface area (Å²) in [6.45, 7) is 0.0838. The van der Waals surface area contributed by atoms with Crippen LogP contribution in [0.3, 0.4) is 0 Å². The van der Waals surface area contributed by atoms with Crippen LogP contribution >= 0.6 is 38.5 Å². The van der Waals surface area contributed by atoms with Crippen LogP contribution in [0.2, 0.25) is 0 Å². The summed E-state index contributed by atoms with van der Waals surface area (Å²) >= 11 is 4.74. The number of halogens is 5. The molecule has 0 radical (unpaired) electrons. The van der Waals surface area contributed by atoms with Crippen LogP contribution in [0, 0.1) is 3.57 Å². The number of alkyl halides is 3. The molecule has 0 aliphatic carbocycles. The van der Waals surface area contributed by atoms with Crippen LogP contribution in [0.25, 0.3) is 0 Å². The van der Waals surface area contributed by atoms with Gasteiger partial charge >= 0.3 is 6.18 Å². The molecule has 0 saturated heterocycles. The van der Waals surface area contributed by atoms with Crippen molar-refractivity contribution in [2.24, 2.45) is 5.73 Å². The van der Waals surface area contributed by atoms with Gasteiger partial charge in [0.15, 0.2) is 0 Å². The number of benzene rings is 1. The molecule has 0 bridgehead atoms. The minimum Gasteiger partial charge on any atom is -0.326 e. The fraction of sp³-hybridized carbons (Fsp3) is 0.250. The van der Waals surface area contributed by atoms with Gasteiger partial charge in [-0.1, -0.05) is 0 Å². The summed E-state index contributed by atoms with van der Waals surface area (Å²) < 4.78 is 38.0. The van der Waals surface area contributed by atoms with E-state index < -0.39 is 11.7 Å². The first kappa shape index (κ1) is 12.3. The third-order valence-electron chi connectivity index (χ3n) is 1.64.